The van der Waals surface area contributed by atoms with Gasteiger partial charge in [-0.1, -0.05) is 36.7 Å². The summed E-state index contributed by atoms with van der Waals surface area (Å²) in [5.74, 6) is -0.220. The molecule has 1 rings (SSSR count). The lowest BCUT2D eigenvalue weighted by atomic mass is 9.82. The maximum Gasteiger partial charge on any atom is 0.126 e. The van der Waals surface area contributed by atoms with Gasteiger partial charge in [0, 0.05) is 17.1 Å². The Kier molecular flexibility index (Phi) is 5.96. The monoisotopic (exact) mass is 331 g/mol. The lowest BCUT2D eigenvalue weighted by molar-refractivity contribution is -0.0275. The molecule has 1 aromatic rings. The maximum absolute atomic E-state index is 13.8. The molecule has 2 nitrogen and oxygen atoms in total. The molecule has 0 spiro atoms. The highest BCUT2D eigenvalue weighted by Gasteiger charge is 2.31. The third kappa shape index (κ3) is 4.86. The topological polar surface area (TPSA) is 35.2 Å². The van der Waals surface area contributed by atoms with E-state index in [-0.39, 0.29) is 23.4 Å². The van der Waals surface area contributed by atoms with Gasteiger partial charge in [-0.25, -0.2) is 4.39 Å². The Bertz CT molecular complexity index is 417. The molecule has 0 amide bonds. The minimum atomic E-state index is -0.233. The fourth-order valence-corrected chi connectivity index (χ4v) is 2.66. The van der Waals surface area contributed by atoms with Gasteiger partial charge < -0.3 is 10.5 Å². The molecule has 0 saturated heterocycles. The van der Waals surface area contributed by atoms with Crippen LogP contribution in [0.15, 0.2) is 22.7 Å². The zero-order chi connectivity index (χ0) is 14.6. The Balaban J connectivity index is 2.87. The van der Waals surface area contributed by atoms with Crippen LogP contribution in [0.3, 0.4) is 0 Å². The third-order valence-electron chi connectivity index (χ3n) is 3.05. The normalized spacial score (nSPS) is 15.3. The Hall–Kier alpha value is -0.450. The molecule has 0 aliphatic heterocycles. The minimum absolute atomic E-state index is 0.0715. The van der Waals surface area contributed by atoms with Gasteiger partial charge in [-0.15, -0.1) is 0 Å². The van der Waals surface area contributed by atoms with E-state index in [0.717, 1.165) is 4.47 Å². The fourth-order valence-electron chi connectivity index (χ4n) is 2.26. The van der Waals surface area contributed by atoms with Crippen LogP contribution in [0.5, 0.6) is 0 Å². The van der Waals surface area contributed by atoms with Crippen LogP contribution in [0.4, 0.5) is 4.39 Å². The summed E-state index contributed by atoms with van der Waals surface area (Å²) in [6, 6.07) is 4.69. The summed E-state index contributed by atoms with van der Waals surface area (Å²) >= 11 is 3.35. The summed E-state index contributed by atoms with van der Waals surface area (Å²) in [5.41, 5.74) is 6.78. The van der Waals surface area contributed by atoms with Crippen molar-refractivity contribution in [1.82, 2.24) is 0 Å². The molecule has 2 unspecified atom stereocenters. The highest BCUT2D eigenvalue weighted by atomic mass is 79.9. The Labute approximate surface area is 123 Å². The smallest absolute Gasteiger partial charge is 0.126 e. The molecule has 0 aliphatic carbocycles. The van der Waals surface area contributed by atoms with E-state index < -0.39 is 0 Å². The van der Waals surface area contributed by atoms with E-state index >= 15 is 0 Å². The van der Waals surface area contributed by atoms with E-state index in [9.17, 15) is 4.39 Å². The number of hydrogen-bond donors (Lipinski definition) is 1. The standard InChI is InChI=1S/C15H23BrFNO/c1-5-19-14(15(2,3)4)13(18)9-10-8-11(16)6-7-12(10)17/h6-8,13-14H,5,9,18H2,1-4H3. The maximum atomic E-state index is 13.8. The number of benzene rings is 1. The predicted molar refractivity (Wildman–Crippen MR) is 80.6 cm³/mol. The molecule has 2 N–H and O–H groups in total. The van der Waals surface area contributed by atoms with Gasteiger partial charge in [0.15, 0.2) is 0 Å². The van der Waals surface area contributed by atoms with Crippen molar-refractivity contribution in [2.75, 3.05) is 6.61 Å². The first kappa shape index (κ1) is 16.6. The largest absolute Gasteiger partial charge is 0.376 e. The number of nitrogens with two attached hydrogens (primary N) is 1. The number of ether oxygens (including phenoxy) is 1. The van der Waals surface area contributed by atoms with Crippen molar-refractivity contribution < 1.29 is 9.13 Å². The van der Waals surface area contributed by atoms with Gasteiger partial charge in [0.05, 0.1) is 6.10 Å². The molecule has 108 valence electrons. The van der Waals surface area contributed by atoms with Crippen LogP contribution in [-0.4, -0.2) is 18.8 Å². The Morgan fingerprint density at radius 1 is 1.37 bits per heavy atom. The molecule has 4 heteroatoms. The van der Waals surface area contributed by atoms with Crippen LogP contribution >= 0.6 is 15.9 Å². The first-order valence-electron chi connectivity index (χ1n) is 6.56. The molecule has 0 saturated carbocycles. The van der Waals surface area contributed by atoms with Gasteiger partial charge in [0.2, 0.25) is 0 Å². The van der Waals surface area contributed by atoms with Crippen LogP contribution in [0.1, 0.15) is 33.3 Å². The zero-order valence-electron chi connectivity index (χ0n) is 12.0. The van der Waals surface area contributed by atoms with Gasteiger partial charge in [0.1, 0.15) is 5.82 Å². The first-order chi connectivity index (χ1) is 8.75. The average Bonchev–Trinajstić information content (AvgIpc) is 2.29. The van der Waals surface area contributed by atoms with Crippen LogP contribution < -0.4 is 5.73 Å². The fraction of sp³-hybridized carbons (Fsp3) is 0.600. The number of hydrogen-bond acceptors (Lipinski definition) is 2. The molecule has 0 fully saturated rings. The van der Waals surface area contributed by atoms with Crippen LogP contribution in [0, 0.1) is 11.2 Å². The van der Waals surface area contributed by atoms with Gasteiger partial charge in [-0.2, -0.15) is 0 Å². The Morgan fingerprint density at radius 2 is 2.00 bits per heavy atom. The van der Waals surface area contributed by atoms with Gasteiger partial charge >= 0.3 is 0 Å². The minimum Gasteiger partial charge on any atom is -0.376 e. The third-order valence-corrected chi connectivity index (χ3v) is 3.55. The Morgan fingerprint density at radius 3 is 2.53 bits per heavy atom. The van der Waals surface area contributed by atoms with E-state index in [1.54, 1.807) is 12.1 Å². The van der Waals surface area contributed by atoms with E-state index in [2.05, 4.69) is 36.7 Å². The molecule has 1 aromatic carbocycles. The van der Waals surface area contributed by atoms with E-state index in [1.807, 2.05) is 6.92 Å². The summed E-state index contributed by atoms with van der Waals surface area (Å²) in [6.07, 6.45) is 0.364. The zero-order valence-corrected chi connectivity index (χ0v) is 13.6. The van der Waals surface area contributed by atoms with Gasteiger partial charge in [-0.05, 0) is 42.5 Å². The van der Waals surface area contributed by atoms with Crippen molar-refractivity contribution >= 4 is 15.9 Å². The summed E-state index contributed by atoms with van der Waals surface area (Å²) in [5, 5.41) is 0. The van der Waals surface area contributed by atoms with Crippen LogP contribution in [0.2, 0.25) is 0 Å². The van der Waals surface area contributed by atoms with Gasteiger partial charge in [-0.3, -0.25) is 0 Å². The molecular weight excluding hydrogens is 309 g/mol. The molecule has 0 bridgehead atoms. The number of halogens is 2. The highest BCUT2D eigenvalue weighted by molar-refractivity contribution is 9.10. The second kappa shape index (κ2) is 6.82. The van der Waals surface area contributed by atoms with Gasteiger partial charge in [0.25, 0.3) is 0 Å². The van der Waals surface area contributed by atoms with Crippen molar-refractivity contribution in [3.8, 4) is 0 Å². The molecule has 19 heavy (non-hydrogen) atoms. The molecular formula is C15H23BrFNO. The van der Waals surface area contributed by atoms with Crippen LogP contribution in [-0.2, 0) is 11.2 Å². The van der Waals surface area contributed by atoms with Crippen molar-refractivity contribution in [1.29, 1.82) is 0 Å². The van der Waals surface area contributed by atoms with Crippen LogP contribution in [0.25, 0.3) is 0 Å². The van der Waals surface area contributed by atoms with E-state index in [0.29, 0.717) is 18.6 Å². The second-order valence-electron chi connectivity index (χ2n) is 5.85. The average molecular weight is 332 g/mol. The highest BCUT2D eigenvalue weighted by Crippen LogP contribution is 2.27. The quantitative estimate of drug-likeness (QED) is 0.887. The van der Waals surface area contributed by atoms with Crippen molar-refractivity contribution in [2.24, 2.45) is 11.1 Å². The molecule has 2 atom stereocenters. The summed E-state index contributed by atoms with van der Waals surface area (Å²) in [4.78, 5) is 0. The molecule has 0 heterocycles. The van der Waals surface area contributed by atoms with E-state index in [4.69, 9.17) is 10.5 Å². The van der Waals surface area contributed by atoms with E-state index in [1.165, 1.54) is 6.07 Å². The number of rotatable bonds is 5. The summed E-state index contributed by atoms with van der Waals surface area (Å²) in [6.45, 7) is 8.82. The van der Waals surface area contributed by atoms with Crippen molar-refractivity contribution in [3.63, 3.8) is 0 Å². The first-order valence-corrected chi connectivity index (χ1v) is 7.36. The second-order valence-corrected chi connectivity index (χ2v) is 6.76. The lowest BCUT2D eigenvalue weighted by Crippen LogP contribution is -2.46. The van der Waals surface area contributed by atoms with Crippen molar-refractivity contribution in [3.05, 3.63) is 34.1 Å². The molecule has 0 radical (unpaired) electrons. The summed E-state index contributed by atoms with van der Waals surface area (Å²) < 4.78 is 20.4. The summed E-state index contributed by atoms with van der Waals surface area (Å²) in [7, 11) is 0. The molecule has 0 aliphatic rings. The molecule has 0 aromatic heterocycles. The SMILES string of the molecule is CCOC(C(N)Cc1cc(Br)ccc1F)C(C)(C)C. The lowest BCUT2D eigenvalue weighted by Gasteiger charge is -2.35. The predicted octanol–water partition coefficient (Wildman–Crippen LogP) is 3.91. The van der Waals surface area contributed by atoms with Crippen molar-refractivity contribution in [2.45, 2.75) is 46.3 Å².